The van der Waals surface area contributed by atoms with Crippen LogP contribution in [0.3, 0.4) is 0 Å². The molecule has 0 aromatic heterocycles. The third-order valence-corrected chi connectivity index (χ3v) is 7.13. The number of nitrogens with one attached hydrogen (secondary N) is 1. The van der Waals surface area contributed by atoms with Crippen molar-refractivity contribution in [1.82, 2.24) is 5.32 Å². The number of hydrogen-bond acceptors (Lipinski definition) is 4. The van der Waals surface area contributed by atoms with Gasteiger partial charge in [0.15, 0.2) is 0 Å². The molecule has 0 unspecified atom stereocenters. The second-order valence-corrected chi connectivity index (χ2v) is 9.19. The molecule has 0 bridgehead atoms. The molecule has 3 atom stereocenters. The predicted molar refractivity (Wildman–Crippen MR) is 127 cm³/mol. The number of carboxylic acids is 1. The fourth-order valence-corrected chi connectivity index (χ4v) is 5.12. The molecular weight excluding hydrogens is 430 g/mol. The Morgan fingerprint density at radius 1 is 1.09 bits per heavy atom. The van der Waals surface area contributed by atoms with Gasteiger partial charge in [0.05, 0.1) is 24.1 Å². The maximum absolute atomic E-state index is 13.7. The number of amides is 1. The summed E-state index contributed by atoms with van der Waals surface area (Å²) >= 11 is 0. The summed E-state index contributed by atoms with van der Waals surface area (Å²) in [4.78, 5) is 25.2. The first-order valence-corrected chi connectivity index (χ1v) is 11.5. The summed E-state index contributed by atoms with van der Waals surface area (Å²) < 4.78 is 11.6. The van der Waals surface area contributed by atoms with Crippen molar-refractivity contribution >= 4 is 11.9 Å². The van der Waals surface area contributed by atoms with Gasteiger partial charge in [-0.15, -0.1) is 0 Å². The molecule has 2 N–H and O–H groups in total. The van der Waals surface area contributed by atoms with E-state index >= 15 is 0 Å². The van der Waals surface area contributed by atoms with E-state index < -0.39 is 11.4 Å². The highest BCUT2D eigenvalue weighted by atomic mass is 16.5. The van der Waals surface area contributed by atoms with Crippen molar-refractivity contribution in [2.45, 2.75) is 43.7 Å². The van der Waals surface area contributed by atoms with Gasteiger partial charge in [-0.2, -0.15) is 0 Å². The highest BCUT2D eigenvalue weighted by Crippen LogP contribution is 2.44. The lowest BCUT2D eigenvalue weighted by Crippen LogP contribution is -2.44. The Balaban J connectivity index is 1.45. The van der Waals surface area contributed by atoms with Crippen molar-refractivity contribution in [3.8, 4) is 11.5 Å². The second-order valence-electron chi connectivity index (χ2n) is 9.19. The minimum absolute atomic E-state index is 0.0285. The van der Waals surface area contributed by atoms with Gasteiger partial charge < -0.3 is 19.9 Å². The number of rotatable bonds is 5. The number of carboxylic acid groups (broad SMARTS) is 1. The van der Waals surface area contributed by atoms with Crippen LogP contribution in [0.15, 0.2) is 66.7 Å². The quantitative estimate of drug-likeness (QED) is 0.565. The first-order valence-electron chi connectivity index (χ1n) is 11.5. The third-order valence-electron chi connectivity index (χ3n) is 7.13. The largest absolute Gasteiger partial charge is 0.497 e. The van der Waals surface area contributed by atoms with Crippen molar-refractivity contribution in [3.63, 3.8) is 0 Å². The van der Waals surface area contributed by atoms with Crippen molar-refractivity contribution in [2.75, 3.05) is 7.11 Å². The number of aromatic carboxylic acids is 1. The Bertz CT molecular complexity index is 1270. The lowest BCUT2D eigenvalue weighted by Gasteiger charge is -2.35. The third kappa shape index (κ3) is 3.79. The fourth-order valence-electron chi connectivity index (χ4n) is 5.12. The second kappa shape index (κ2) is 8.52. The molecule has 6 heteroatoms. The molecule has 1 aliphatic carbocycles. The Morgan fingerprint density at radius 3 is 2.71 bits per heavy atom. The first kappa shape index (κ1) is 22.0. The smallest absolute Gasteiger partial charge is 0.335 e. The molecule has 1 aliphatic heterocycles. The molecule has 0 radical (unpaired) electrons. The molecular formula is C28H27NO5. The summed E-state index contributed by atoms with van der Waals surface area (Å²) in [5.41, 5.74) is 3.44. The van der Waals surface area contributed by atoms with Gasteiger partial charge in [-0.3, -0.25) is 4.79 Å². The molecule has 3 aromatic rings. The van der Waals surface area contributed by atoms with Crippen LogP contribution in [-0.4, -0.2) is 24.1 Å². The predicted octanol–water partition coefficient (Wildman–Crippen LogP) is 4.98. The normalized spacial score (nSPS) is 22.8. The maximum Gasteiger partial charge on any atom is 0.335 e. The highest BCUT2D eigenvalue weighted by molar-refractivity contribution is 5.90. The molecule has 6 nitrogen and oxygen atoms in total. The van der Waals surface area contributed by atoms with Crippen LogP contribution in [0.4, 0.5) is 0 Å². The fraction of sp³-hybridized carbons (Fsp3) is 0.286. The van der Waals surface area contributed by atoms with Gasteiger partial charge in [0, 0.05) is 12.0 Å². The summed E-state index contributed by atoms with van der Waals surface area (Å²) in [6.45, 7) is 1.99. The molecule has 2 aliphatic rings. The SMILES string of the molecule is COc1ccc2c(c1)[C@@](C)(C(=O)N[C@@H]1C[C@H](c3cccc(C(=O)O)c3)Oc3ccccc31)CC2. The average Bonchev–Trinajstić information content (AvgIpc) is 3.21. The lowest BCUT2D eigenvalue weighted by molar-refractivity contribution is -0.127. The zero-order valence-corrected chi connectivity index (χ0v) is 19.2. The molecule has 1 heterocycles. The Kier molecular flexibility index (Phi) is 5.52. The molecule has 1 amide bonds. The van der Waals surface area contributed by atoms with E-state index in [1.54, 1.807) is 25.3 Å². The zero-order valence-electron chi connectivity index (χ0n) is 19.2. The number of carbonyl (C=O) groups excluding carboxylic acids is 1. The minimum atomic E-state index is -0.980. The average molecular weight is 458 g/mol. The summed E-state index contributed by atoms with van der Waals surface area (Å²) in [6, 6.07) is 20.2. The van der Waals surface area contributed by atoms with E-state index in [-0.39, 0.29) is 23.6 Å². The number of hydrogen-bond donors (Lipinski definition) is 2. The van der Waals surface area contributed by atoms with Crippen molar-refractivity contribution in [1.29, 1.82) is 0 Å². The van der Waals surface area contributed by atoms with Crippen molar-refractivity contribution in [2.24, 2.45) is 0 Å². The topological polar surface area (TPSA) is 84.9 Å². The summed E-state index contributed by atoms with van der Waals surface area (Å²) in [6.07, 6.45) is 1.71. The summed E-state index contributed by atoms with van der Waals surface area (Å²) in [5, 5.41) is 12.7. The Hall–Kier alpha value is -3.80. The number of aryl methyl sites for hydroxylation is 1. The van der Waals surface area contributed by atoms with Crippen LogP contribution in [0.25, 0.3) is 0 Å². The Labute approximate surface area is 198 Å². The van der Waals surface area contributed by atoms with Crippen LogP contribution in [0.5, 0.6) is 11.5 Å². The molecule has 34 heavy (non-hydrogen) atoms. The number of carbonyl (C=O) groups is 2. The van der Waals surface area contributed by atoms with E-state index in [0.717, 1.165) is 35.3 Å². The van der Waals surface area contributed by atoms with Gasteiger partial charge in [-0.25, -0.2) is 4.79 Å². The number of para-hydroxylation sites is 1. The van der Waals surface area contributed by atoms with Gasteiger partial charge in [-0.05, 0) is 66.8 Å². The van der Waals surface area contributed by atoms with Crippen LogP contribution in [0.1, 0.15) is 64.5 Å². The van der Waals surface area contributed by atoms with E-state index in [9.17, 15) is 14.7 Å². The first-order chi connectivity index (χ1) is 16.4. The highest BCUT2D eigenvalue weighted by Gasteiger charge is 2.43. The van der Waals surface area contributed by atoms with Crippen molar-refractivity contribution in [3.05, 3.63) is 94.5 Å². The van der Waals surface area contributed by atoms with E-state index in [4.69, 9.17) is 9.47 Å². The van der Waals surface area contributed by atoms with Gasteiger partial charge in [0.2, 0.25) is 5.91 Å². The van der Waals surface area contributed by atoms with Crippen LogP contribution in [0.2, 0.25) is 0 Å². The monoisotopic (exact) mass is 457 g/mol. The Morgan fingerprint density at radius 2 is 1.91 bits per heavy atom. The zero-order chi connectivity index (χ0) is 23.9. The molecule has 5 rings (SSSR count). The summed E-state index contributed by atoms with van der Waals surface area (Å²) in [5.74, 6) is 0.434. The van der Waals surface area contributed by atoms with Crippen LogP contribution < -0.4 is 14.8 Å². The van der Waals surface area contributed by atoms with Gasteiger partial charge in [-0.1, -0.05) is 36.4 Å². The van der Waals surface area contributed by atoms with Crippen LogP contribution in [-0.2, 0) is 16.6 Å². The van der Waals surface area contributed by atoms with Crippen LogP contribution in [0, 0.1) is 0 Å². The number of methoxy groups -OCH3 is 1. The lowest BCUT2D eigenvalue weighted by atomic mass is 9.82. The van der Waals surface area contributed by atoms with Gasteiger partial charge in [0.1, 0.15) is 17.6 Å². The van der Waals surface area contributed by atoms with Crippen LogP contribution >= 0.6 is 0 Å². The van der Waals surface area contributed by atoms with E-state index in [0.29, 0.717) is 12.2 Å². The van der Waals surface area contributed by atoms with Crippen molar-refractivity contribution < 1.29 is 24.2 Å². The maximum atomic E-state index is 13.7. The van der Waals surface area contributed by atoms with Gasteiger partial charge in [0.25, 0.3) is 0 Å². The molecule has 0 spiro atoms. The van der Waals surface area contributed by atoms with E-state index in [1.165, 1.54) is 5.56 Å². The summed E-state index contributed by atoms with van der Waals surface area (Å²) in [7, 11) is 1.63. The van der Waals surface area contributed by atoms with E-state index in [1.807, 2.05) is 55.5 Å². The molecule has 0 fully saturated rings. The number of fused-ring (bicyclic) bond motifs is 2. The van der Waals surface area contributed by atoms with Gasteiger partial charge >= 0.3 is 5.97 Å². The molecule has 0 saturated heterocycles. The number of benzene rings is 3. The minimum Gasteiger partial charge on any atom is -0.497 e. The number of ether oxygens (including phenoxy) is 2. The molecule has 174 valence electrons. The molecule has 0 saturated carbocycles. The molecule has 3 aromatic carbocycles. The standard InChI is InChI=1S/C28H27NO5/c1-28(13-12-17-10-11-20(33-2)15-22(17)28)27(32)29-23-16-25(34-24-9-4-3-8-21(23)24)18-6-5-7-19(14-18)26(30)31/h3-11,14-15,23,25H,12-13,16H2,1-2H3,(H,29,32)(H,30,31)/t23-,25-,28+/m1/s1. The van der Waals surface area contributed by atoms with E-state index in [2.05, 4.69) is 5.32 Å².